The molecule has 2 heterocycles. The molecule has 2 aliphatic heterocycles. The van der Waals surface area contributed by atoms with Gasteiger partial charge in [-0.1, -0.05) is 12.2 Å². The first-order valence-corrected chi connectivity index (χ1v) is 7.09. The van der Waals surface area contributed by atoms with Gasteiger partial charge in [-0.2, -0.15) is 0 Å². The van der Waals surface area contributed by atoms with Crippen LogP contribution in [0.4, 0.5) is 0 Å². The number of ether oxygens (including phenoxy) is 2. The summed E-state index contributed by atoms with van der Waals surface area (Å²) >= 11 is 0. The minimum absolute atomic E-state index is 0.103. The van der Waals surface area contributed by atoms with Crippen LogP contribution in [-0.2, 0) is 9.47 Å². The Morgan fingerprint density at radius 1 is 1.55 bits per heavy atom. The van der Waals surface area contributed by atoms with Crippen molar-refractivity contribution in [3.63, 3.8) is 0 Å². The normalized spacial score (nSPS) is 42.5. The third-order valence-electron chi connectivity index (χ3n) is 4.49. The molecule has 20 heavy (non-hydrogen) atoms. The minimum Gasteiger partial charge on any atom is -0.388 e. The maximum Gasteiger partial charge on any atom is 0.127 e. The molecular weight excluding hydrogens is 256 g/mol. The van der Waals surface area contributed by atoms with E-state index in [1.165, 1.54) is 0 Å². The Balaban J connectivity index is 1.85. The van der Waals surface area contributed by atoms with Gasteiger partial charge in [0.15, 0.2) is 0 Å². The van der Waals surface area contributed by atoms with E-state index < -0.39 is 17.3 Å². The molecule has 0 aromatic carbocycles. The Morgan fingerprint density at radius 2 is 2.25 bits per heavy atom. The lowest BCUT2D eigenvalue weighted by molar-refractivity contribution is -0.0855. The summed E-state index contributed by atoms with van der Waals surface area (Å²) in [5.41, 5.74) is 3.50. The average Bonchev–Trinajstić information content (AvgIpc) is 2.92. The van der Waals surface area contributed by atoms with Gasteiger partial charge in [0, 0.05) is 18.4 Å². The topological polar surface area (TPSA) is 62.2 Å². The van der Waals surface area contributed by atoms with Gasteiger partial charge in [0.1, 0.15) is 17.8 Å². The van der Waals surface area contributed by atoms with E-state index in [2.05, 4.69) is 12.3 Å². The Bertz CT molecular complexity index is 509. The van der Waals surface area contributed by atoms with E-state index in [1.807, 2.05) is 6.92 Å². The zero-order valence-corrected chi connectivity index (χ0v) is 12.2. The highest BCUT2D eigenvalue weighted by atomic mass is 16.7. The molecular formula is C16H22O4. The van der Waals surface area contributed by atoms with E-state index in [0.29, 0.717) is 12.8 Å². The van der Waals surface area contributed by atoms with Crippen molar-refractivity contribution >= 4 is 0 Å². The molecule has 3 rings (SSSR count). The van der Waals surface area contributed by atoms with Crippen molar-refractivity contribution < 1.29 is 19.7 Å². The fourth-order valence-corrected chi connectivity index (χ4v) is 3.24. The highest BCUT2D eigenvalue weighted by Crippen LogP contribution is 2.58. The Hall–Kier alpha value is -0.900. The first-order valence-electron chi connectivity index (χ1n) is 7.09. The molecule has 5 atom stereocenters. The van der Waals surface area contributed by atoms with Gasteiger partial charge >= 0.3 is 0 Å². The van der Waals surface area contributed by atoms with Crippen LogP contribution in [0.25, 0.3) is 0 Å². The summed E-state index contributed by atoms with van der Waals surface area (Å²) in [7, 11) is 0. The fraction of sp³-hybridized carbons (Fsp3) is 0.688. The third-order valence-corrected chi connectivity index (χ3v) is 4.49. The smallest absolute Gasteiger partial charge is 0.127 e. The number of hydrogen-bond acceptors (Lipinski definition) is 4. The summed E-state index contributed by atoms with van der Waals surface area (Å²) in [4.78, 5) is 0. The van der Waals surface area contributed by atoms with Crippen LogP contribution in [0, 0.1) is 0 Å². The van der Waals surface area contributed by atoms with E-state index in [0.717, 1.165) is 11.1 Å². The molecule has 0 bridgehead atoms. The van der Waals surface area contributed by atoms with Gasteiger partial charge in [-0.3, -0.25) is 0 Å². The second-order valence-electron chi connectivity index (χ2n) is 6.77. The number of aliphatic hydroxyl groups is 2. The summed E-state index contributed by atoms with van der Waals surface area (Å²) in [5, 5.41) is 20.5. The summed E-state index contributed by atoms with van der Waals surface area (Å²) < 4.78 is 11.8. The van der Waals surface area contributed by atoms with Crippen molar-refractivity contribution in [2.75, 3.05) is 0 Å². The molecule has 1 aliphatic carbocycles. The van der Waals surface area contributed by atoms with Crippen molar-refractivity contribution in [1.82, 2.24) is 0 Å². The Kier molecular flexibility index (Phi) is 3.02. The Labute approximate surface area is 119 Å². The average molecular weight is 278 g/mol. The number of epoxide rings is 1. The molecule has 4 nitrogen and oxygen atoms in total. The molecule has 5 unspecified atom stereocenters. The number of allylic oxidation sites excluding steroid dienone is 1. The van der Waals surface area contributed by atoms with E-state index in [9.17, 15) is 10.2 Å². The van der Waals surface area contributed by atoms with Crippen LogP contribution in [0.5, 0.6) is 0 Å². The lowest BCUT2D eigenvalue weighted by Crippen LogP contribution is -2.39. The largest absolute Gasteiger partial charge is 0.388 e. The molecule has 0 aromatic rings. The first-order chi connectivity index (χ1) is 9.24. The van der Waals surface area contributed by atoms with Gasteiger partial charge in [-0.15, -0.1) is 5.73 Å². The van der Waals surface area contributed by atoms with Gasteiger partial charge in [-0.05, 0) is 26.8 Å². The van der Waals surface area contributed by atoms with Crippen molar-refractivity contribution in [2.24, 2.45) is 0 Å². The summed E-state index contributed by atoms with van der Waals surface area (Å²) in [5.74, 6) is 0. The van der Waals surface area contributed by atoms with E-state index >= 15 is 0 Å². The standard InChI is InChI=1S/C16H22O4/c1-9(2)5-6-10-7-11-16(14(20-16)13(10)17)8-12(19-11)15(3,4)18/h5,11-14,17-18H,1,7-8H2,2-4H3. The maximum atomic E-state index is 10.3. The molecule has 0 amide bonds. The zero-order chi connectivity index (χ0) is 14.7. The van der Waals surface area contributed by atoms with E-state index in [1.54, 1.807) is 19.9 Å². The highest BCUT2D eigenvalue weighted by molar-refractivity contribution is 5.31. The molecule has 1 saturated carbocycles. The van der Waals surface area contributed by atoms with Crippen LogP contribution in [0.15, 0.2) is 29.5 Å². The van der Waals surface area contributed by atoms with Crippen LogP contribution in [0.1, 0.15) is 33.6 Å². The maximum absolute atomic E-state index is 10.3. The van der Waals surface area contributed by atoms with Gasteiger partial charge in [0.2, 0.25) is 0 Å². The van der Waals surface area contributed by atoms with Gasteiger partial charge in [0.05, 0.1) is 17.8 Å². The van der Waals surface area contributed by atoms with Crippen molar-refractivity contribution in [3.05, 3.63) is 29.5 Å². The van der Waals surface area contributed by atoms with Crippen LogP contribution in [-0.4, -0.2) is 45.8 Å². The lowest BCUT2D eigenvalue weighted by Gasteiger charge is -2.26. The Morgan fingerprint density at radius 3 is 2.85 bits per heavy atom. The van der Waals surface area contributed by atoms with Gasteiger partial charge in [-0.25, -0.2) is 0 Å². The quantitative estimate of drug-likeness (QED) is 0.456. The molecule has 110 valence electrons. The predicted molar refractivity (Wildman–Crippen MR) is 74.2 cm³/mol. The number of hydrogen-bond donors (Lipinski definition) is 2. The number of aliphatic hydroxyl groups excluding tert-OH is 1. The molecule has 2 N–H and O–H groups in total. The first kappa shape index (κ1) is 14.1. The molecule has 3 aliphatic rings. The van der Waals surface area contributed by atoms with Gasteiger partial charge < -0.3 is 19.7 Å². The second-order valence-corrected chi connectivity index (χ2v) is 6.77. The van der Waals surface area contributed by atoms with Crippen molar-refractivity contribution in [1.29, 1.82) is 0 Å². The van der Waals surface area contributed by atoms with Crippen LogP contribution in [0.2, 0.25) is 0 Å². The second kappa shape index (κ2) is 4.30. The molecule has 0 radical (unpaired) electrons. The zero-order valence-electron chi connectivity index (χ0n) is 12.2. The lowest BCUT2D eigenvalue weighted by atomic mass is 9.79. The SMILES string of the molecule is C=C(C)C=C=C1CC2OC(C(C)(C)O)CC23OC3C1O. The number of rotatable bonds is 2. The van der Waals surface area contributed by atoms with Crippen molar-refractivity contribution in [3.8, 4) is 0 Å². The monoisotopic (exact) mass is 278 g/mol. The molecule has 4 heteroatoms. The summed E-state index contributed by atoms with van der Waals surface area (Å²) in [6, 6.07) is 0. The minimum atomic E-state index is -0.898. The summed E-state index contributed by atoms with van der Waals surface area (Å²) in [6.45, 7) is 9.18. The van der Waals surface area contributed by atoms with Crippen molar-refractivity contribution in [2.45, 2.75) is 69.2 Å². The van der Waals surface area contributed by atoms with Gasteiger partial charge in [0.25, 0.3) is 0 Å². The molecule has 2 saturated heterocycles. The van der Waals surface area contributed by atoms with E-state index in [-0.39, 0.29) is 18.3 Å². The summed E-state index contributed by atoms with van der Waals surface area (Å²) in [6.07, 6.45) is 1.79. The van der Waals surface area contributed by atoms with Crippen LogP contribution >= 0.6 is 0 Å². The van der Waals surface area contributed by atoms with E-state index in [4.69, 9.17) is 9.47 Å². The highest BCUT2D eigenvalue weighted by Gasteiger charge is 2.72. The molecule has 3 fully saturated rings. The third kappa shape index (κ3) is 2.09. The predicted octanol–water partition coefficient (Wildman–Crippen LogP) is 1.47. The van der Waals surface area contributed by atoms with Crippen LogP contribution < -0.4 is 0 Å². The fourth-order valence-electron chi connectivity index (χ4n) is 3.24. The molecule has 0 aromatic heterocycles. The molecule has 1 spiro atoms. The van der Waals surface area contributed by atoms with Crippen LogP contribution in [0.3, 0.4) is 0 Å².